The third kappa shape index (κ3) is 3.36. The Balaban J connectivity index is 1.98. The van der Waals surface area contributed by atoms with Gasteiger partial charge in [-0.3, -0.25) is 14.2 Å². The molecule has 2 heterocycles. The average molecular weight is 451 g/mol. The van der Waals surface area contributed by atoms with Gasteiger partial charge >= 0.3 is 5.69 Å². The minimum Gasteiger partial charge on any atom is -0.394 e. The predicted octanol–water partition coefficient (Wildman–Crippen LogP) is -0.0568. The maximum absolute atomic E-state index is 13.7. The van der Waals surface area contributed by atoms with E-state index < -0.39 is 47.4 Å². The molecule has 1 aliphatic rings. The molecular formula is C23H21N3O7. The van der Waals surface area contributed by atoms with Crippen LogP contribution in [-0.4, -0.2) is 60.4 Å². The lowest BCUT2D eigenvalue weighted by molar-refractivity contribution is -0.106. The number of aliphatic hydroxyl groups is 3. The Morgan fingerprint density at radius 2 is 1.45 bits per heavy atom. The lowest BCUT2D eigenvalue weighted by Gasteiger charge is -2.38. The van der Waals surface area contributed by atoms with Crippen molar-refractivity contribution < 1.29 is 29.6 Å². The number of carbonyl (C=O) groups is 2. The van der Waals surface area contributed by atoms with Gasteiger partial charge in [-0.2, -0.15) is 4.98 Å². The van der Waals surface area contributed by atoms with Crippen molar-refractivity contribution in [1.82, 2.24) is 9.55 Å². The molecule has 10 nitrogen and oxygen atoms in total. The Morgan fingerprint density at radius 3 is 1.94 bits per heavy atom. The van der Waals surface area contributed by atoms with Gasteiger partial charge in [-0.25, -0.2) is 4.79 Å². The van der Waals surface area contributed by atoms with Crippen LogP contribution in [0.25, 0.3) is 0 Å². The quantitative estimate of drug-likeness (QED) is 0.376. The van der Waals surface area contributed by atoms with Crippen molar-refractivity contribution >= 4 is 17.4 Å². The lowest BCUT2D eigenvalue weighted by atomic mass is 9.71. The van der Waals surface area contributed by atoms with E-state index in [1.807, 2.05) is 0 Å². The molecule has 0 unspecified atom stereocenters. The van der Waals surface area contributed by atoms with E-state index in [1.165, 1.54) is 54.6 Å². The number of benzene rings is 2. The average Bonchev–Trinajstić information content (AvgIpc) is 3.07. The zero-order chi connectivity index (χ0) is 23.8. The zero-order valence-electron chi connectivity index (χ0n) is 17.2. The van der Waals surface area contributed by atoms with E-state index in [4.69, 9.17) is 10.5 Å². The SMILES string of the molecule is Nc1ccn([C@@H]2O[C@H](CO)[C@](O)(C(=O)c3ccccc3)[C@]2(O)C(=O)c2ccccc2)c(=O)n1. The molecule has 4 rings (SSSR count). The van der Waals surface area contributed by atoms with E-state index >= 15 is 0 Å². The van der Waals surface area contributed by atoms with Crippen molar-refractivity contribution in [2.24, 2.45) is 0 Å². The minimum atomic E-state index is -3.02. The highest BCUT2D eigenvalue weighted by Gasteiger charge is 2.73. The number of hydrogen-bond acceptors (Lipinski definition) is 9. The van der Waals surface area contributed by atoms with Crippen molar-refractivity contribution in [2.45, 2.75) is 23.5 Å². The Bertz CT molecular complexity index is 1250. The molecule has 2 aromatic carbocycles. The number of nitrogens with two attached hydrogens (primary N) is 1. The molecule has 0 radical (unpaired) electrons. The van der Waals surface area contributed by atoms with E-state index in [2.05, 4.69) is 4.98 Å². The molecule has 0 spiro atoms. The predicted molar refractivity (Wildman–Crippen MR) is 115 cm³/mol. The highest BCUT2D eigenvalue weighted by molar-refractivity contribution is 6.13. The van der Waals surface area contributed by atoms with E-state index in [9.17, 15) is 29.7 Å². The standard InChI is InChI=1S/C23H21N3O7/c24-17-11-12-26(21(30)25-17)20-23(32,19(29)15-9-5-2-6-10-15)22(31,16(13-27)33-20)18(28)14-7-3-1-4-8-14/h1-12,16,20,27,31-32H,13H2,(H2,24,25,30)/t16-,20-,22+,23+/m1/s1. The molecule has 1 aromatic heterocycles. The van der Waals surface area contributed by atoms with Gasteiger partial charge in [0.2, 0.25) is 17.2 Å². The molecule has 0 aliphatic carbocycles. The fraction of sp³-hybridized carbons (Fsp3) is 0.217. The molecule has 1 aliphatic heterocycles. The number of carbonyl (C=O) groups excluding carboxylic acids is 2. The van der Waals surface area contributed by atoms with E-state index in [0.717, 1.165) is 10.8 Å². The topological polar surface area (TPSA) is 165 Å². The number of ketones is 2. The van der Waals surface area contributed by atoms with Gasteiger partial charge in [-0.1, -0.05) is 60.7 Å². The summed E-state index contributed by atoms with van der Waals surface area (Å²) in [5.41, 5.74) is -1.52. The molecule has 0 amide bonds. The molecule has 170 valence electrons. The van der Waals surface area contributed by atoms with Gasteiger partial charge in [-0.15, -0.1) is 0 Å². The third-order valence-corrected chi connectivity index (χ3v) is 5.73. The van der Waals surface area contributed by atoms with Crippen LogP contribution in [0.3, 0.4) is 0 Å². The summed E-state index contributed by atoms with van der Waals surface area (Å²) in [6, 6.07) is 16.1. The maximum Gasteiger partial charge on any atom is 0.351 e. The first-order valence-corrected chi connectivity index (χ1v) is 10.0. The largest absolute Gasteiger partial charge is 0.394 e. The monoisotopic (exact) mass is 451 g/mol. The van der Waals surface area contributed by atoms with Gasteiger partial charge in [0, 0.05) is 17.3 Å². The Morgan fingerprint density at radius 1 is 0.939 bits per heavy atom. The van der Waals surface area contributed by atoms with E-state index in [-0.39, 0.29) is 16.9 Å². The molecule has 5 N–H and O–H groups in total. The third-order valence-electron chi connectivity index (χ3n) is 5.73. The maximum atomic E-state index is 13.7. The van der Waals surface area contributed by atoms with E-state index in [1.54, 1.807) is 12.1 Å². The van der Waals surface area contributed by atoms with Crippen LogP contribution in [0.15, 0.2) is 77.7 Å². The number of Topliss-reactive ketones (excluding diaryl/α,β-unsaturated/α-hetero) is 2. The first kappa shape index (κ1) is 22.5. The molecule has 3 aromatic rings. The van der Waals surface area contributed by atoms with Crippen LogP contribution >= 0.6 is 0 Å². The molecule has 1 fully saturated rings. The number of aliphatic hydroxyl groups excluding tert-OH is 1. The van der Waals surface area contributed by atoms with Gasteiger partial charge in [0.1, 0.15) is 11.9 Å². The summed E-state index contributed by atoms with van der Waals surface area (Å²) in [6.07, 6.45) is -2.54. The van der Waals surface area contributed by atoms with Crippen LogP contribution < -0.4 is 11.4 Å². The van der Waals surface area contributed by atoms with Crippen LogP contribution in [-0.2, 0) is 4.74 Å². The molecule has 33 heavy (non-hydrogen) atoms. The molecular weight excluding hydrogens is 430 g/mol. The highest BCUT2D eigenvalue weighted by Crippen LogP contribution is 2.48. The molecule has 4 atom stereocenters. The zero-order valence-corrected chi connectivity index (χ0v) is 17.2. The van der Waals surface area contributed by atoms with Gasteiger partial charge in [0.25, 0.3) is 0 Å². The van der Waals surface area contributed by atoms with Crippen molar-refractivity contribution in [2.75, 3.05) is 12.3 Å². The molecule has 0 bridgehead atoms. The summed E-state index contributed by atoms with van der Waals surface area (Å²) in [5, 5.41) is 33.6. The Hall–Kier alpha value is -3.70. The van der Waals surface area contributed by atoms with Crippen molar-refractivity contribution in [3.05, 3.63) is 94.5 Å². The fourth-order valence-electron chi connectivity index (χ4n) is 4.06. The van der Waals surface area contributed by atoms with Crippen molar-refractivity contribution in [3.8, 4) is 0 Å². The van der Waals surface area contributed by atoms with E-state index in [0.29, 0.717) is 0 Å². The second kappa shape index (κ2) is 8.34. The van der Waals surface area contributed by atoms with Gasteiger partial charge in [0.15, 0.2) is 11.8 Å². The van der Waals surface area contributed by atoms with Crippen LogP contribution in [0.2, 0.25) is 0 Å². The van der Waals surface area contributed by atoms with Crippen LogP contribution in [0.4, 0.5) is 5.82 Å². The summed E-state index contributed by atoms with van der Waals surface area (Å²) in [4.78, 5) is 43.3. The van der Waals surface area contributed by atoms with Crippen LogP contribution in [0.1, 0.15) is 26.9 Å². The summed E-state index contributed by atoms with van der Waals surface area (Å²) >= 11 is 0. The first-order chi connectivity index (χ1) is 15.7. The summed E-state index contributed by atoms with van der Waals surface area (Å²) in [6.45, 7) is -0.937. The minimum absolute atomic E-state index is 0.0373. The first-order valence-electron chi connectivity index (χ1n) is 10.0. The number of nitrogen functional groups attached to an aromatic ring is 1. The number of nitrogens with zero attached hydrogens (tertiary/aromatic N) is 2. The van der Waals surface area contributed by atoms with Gasteiger partial charge < -0.3 is 25.8 Å². The summed E-state index contributed by atoms with van der Waals surface area (Å²) in [7, 11) is 0. The van der Waals surface area contributed by atoms with Crippen LogP contribution in [0, 0.1) is 0 Å². The highest BCUT2D eigenvalue weighted by atomic mass is 16.6. The Labute approximate surface area is 187 Å². The molecule has 0 saturated carbocycles. The second-order valence-electron chi connectivity index (χ2n) is 7.62. The smallest absolute Gasteiger partial charge is 0.351 e. The molecule has 1 saturated heterocycles. The number of rotatable bonds is 6. The normalized spacial score (nSPS) is 26.8. The van der Waals surface area contributed by atoms with Crippen molar-refractivity contribution in [3.63, 3.8) is 0 Å². The van der Waals surface area contributed by atoms with Gasteiger partial charge in [-0.05, 0) is 6.07 Å². The van der Waals surface area contributed by atoms with Gasteiger partial charge in [0.05, 0.1) is 6.61 Å². The molecule has 10 heteroatoms. The fourth-order valence-corrected chi connectivity index (χ4v) is 4.06. The lowest BCUT2D eigenvalue weighted by Crippen LogP contribution is -2.67. The summed E-state index contributed by atoms with van der Waals surface area (Å²) < 4.78 is 6.37. The number of aromatic nitrogens is 2. The summed E-state index contributed by atoms with van der Waals surface area (Å²) in [5.74, 6) is -2.27. The second-order valence-corrected chi connectivity index (χ2v) is 7.62. The van der Waals surface area contributed by atoms with Crippen molar-refractivity contribution in [1.29, 1.82) is 0 Å². The number of hydrogen-bond donors (Lipinski definition) is 4. The Kier molecular flexibility index (Phi) is 5.68. The number of ether oxygens (including phenoxy) is 1. The number of anilines is 1. The van der Waals surface area contributed by atoms with Crippen LogP contribution in [0.5, 0.6) is 0 Å².